The normalized spacial score (nSPS) is 14.9. The molecular weight excluding hydrogens is 436 g/mol. The predicted octanol–water partition coefficient (Wildman–Crippen LogP) is 4.68. The van der Waals surface area contributed by atoms with Crippen LogP contribution in [0, 0.1) is 11.3 Å². The number of benzene rings is 2. The van der Waals surface area contributed by atoms with Gasteiger partial charge in [-0.05, 0) is 50.0 Å². The maximum atomic E-state index is 8.67. The summed E-state index contributed by atoms with van der Waals surface area (Å²) in [6, 6.07) is 24.2. The van der Waals surface area contributed by atoms with Gasteiger partial charge >= 0.3 is 0 Å². The number of nitrogens with zero attached hydrogens (tertiary/aromatic N) is 3. The number of nitrogens with one attached hydrogen (secondary N) is 2. The van der Waals surface area contributed by atoms with Crippen molar-refractivity contribution >= 4 is 11.5 Å². The van der Waals surface area contributed by atoms with E-state index < -0.39 is 0 Å². The Bertz CT molecular complexity index is 1070. The number of anilines is 1. The summed E-state index contributed by atoms with van der Waals surface area (Å²) in [5.41, 5.74) is 9.20. The SMILES string of the molecule is CC(C)Oc1ccc(N2CCC(C(=N)/C=C(/N)NC(c3ccccc3)c3ccccc3)CC2)nn1. The highest BCUT2D eigenvalue weighted by Gasteiger charge is 2.23. The van der Waals surface area contributed by atoms with Gasteiger partial charge in [-0.3, -0.25) is 0 Å². The average molecular weight is 471 g/mol. The van der Waals surface area contributed by atoms with E-state index in [1.807, 2.05) is 62.4 Å². The number of hydrogen-bond acceptors (Lipinski definition) is 7. The molecule has 1 saturated heterocycles. The standard InChI is InChI=1S/C28H34N6O/c1-20(2)35-27-14-13-26(32-33-27)34-17-15-21(16-18-34)24(29)19-25(30)31-28(22-9-5-3-6-10-22)23-11-7-4-8-12-23/h3-14,19-21,28-29,31H,15-18,30H2,1-2H3/b25-19-,29-24?. The van der Waals surface area contributed by atoms with Gasteiger partial charge in [0.05, 0.1) is 18.0 Å². The molecule has 4 rings (SSSR count). The molecule has 0 atom stereocenters. The second kappa shape index (κ2) is 11.5. The molecule has 0 aliphatic carbocycles. The van der Waals surface area contributed by atoms with Gasteiger partial charge in [0.15, 0.2) is 5.82 Å². The molecule has 0 unspecified atom stereocenters. The van der Waals surface area contributed by atoms with Crippen LogP contribution in [0.25, 0.3) is 0 Å². The zero-order valence-corrected chi connectivity index (χ0v) is 20.4. The van der Waals surface area contributed by atoms with Crippen molar-refractivity contribution in [2.24, 2.45) is 11.7 Å². The molecule has 0 saturated carbocycles. The first-order valence-corrected chi connectivity index (χ1v) is 12.2. The van der Waals surface area contributed by atoms with Gasteiger partial charge in [-0.25, -0.2) is 0 Å². The quantitative estimate of drug-likeness (QED) is 0.393. The van der Waals surface area contributed by atoms with E-state index in [9.17, 15) is 0 Å². The smallest absolute Gasteiger partial charge is 0.233 e. The Kier molecular flexibility index (Phi) is 7.98. The van der Waals surface area contributed by atoms with Crippen LogP contribution in [0.5, 0.6) is 5.88 Å². The molecule has 182 valence electrons. The largest absolute Gasteiger partial charge is 0.474 e. The molecule has 2 heterocycles. The van der Waals surface area contributed by atoms with Crippen LogP contribution in [0.4, 0.5) is 5.82 Å². The van der Waals surface area contributed by atoms with Gasteiger partial charge in [0.2, 0.25) is 5.88 Å². The Morgan fingerprint density at radius 3 is 2.09 bits per heavy atom. The Morgan fingerprint density at radius 1 is 0.971 bits per heavy atom. The van der Waals surface area contributed by atoms with Crippen molar-refractivity contribution in [1.29, 1.82) is 5.41 Å². The fourth-order valence-electron chi connectivity index (χ4n) is 4.35. The molecule has 0 amide bonds. The lowest BCUT2D eigenvalue weighted by Crippen LogP contribution is -2.37. The lowest BCUT2D eigenvalue weighted by molar-refractivity contribution is 0.230. The van der Waals surface area contributed by atoms with Crippen LogP contribution < -0.4 is 20.7 Å². The van der Waals surface area contributed by atoms with Crippen LogP contribution in [-0.2, 0) is 0 Å². The third kappa shape index (κ3) is 6.59. The number of hydrogen-bond donors (Lipinski definition) is 3. The van der Waals surface area contributed by atoms with Crippen LogP contribution >= 0.6 is 0 Å². The van der Waals surface area contributed by atoms with Crippen LogP contribution in [0.15, 0.2) is 84.7 Å². The van der Waals surface area contributed by atoms with Gasteiger partial charge in [0.1, 0.15) is 0 Å². The minimum absolute atomic E-state index is 0.0718. The third-order valence-corrected chi connectivity index (χ3v) is 6.13. The van der Waals surface area contributed by atoms with Gasteiger partial charge in [-0.2, -0.15) is 0 Å². The summed E-state index contributed by atoms with van der Waals surface area (Å²) in [6.07, 6.45) is 3.59. The molecule has 0 bridgehead atoms. The summed E-state index contributed by atoms with van der Waals surface area (Å²) in [5.74, 6) is 2.05. The van der Waals surface area contributed by atoms with Crippen molar-refractivity contribution in [3.05, 3.63) is 95.8 Å². The fraction of sp³-hybridized carbons (Fsp3) is 0.321. The number of ether oxygens (including phenoxy) is 1. The Labute approximate surface area is 207 Å². The average Bonchev–Trinajstić information content (AvgIpc) is 2.88. The molecule has 0 spiro atoms. The van der Waals surface area contributed by atoms with Gasteiger partial charge in [-0.1, -0.05) is 60.7 Å². The summed E-state index contributed by atoms with van der Waals surface area (Å²) in [5, 5.41) is 20.6. The van der Waals surface area contributed by atoms with Crippen LogP contribution in [0.3, 0.4) is 0 Å². The topological polar surface area (TPSA) is 100 Å². The number of nitrogens with two attached hydrogens (primary N) is 1. The Morgan fingerprint density at radius 2 is 1.57 bits per heavy atom. The highest BCUT2D eigenvalue weighted by molar-refractivity contribution is 5.94. The molecule has 1 aliphatic heterocycles. The van der Waals surface area contributed by atoms with E-state index in [-0.39, 0.29) is 18.1 Å². The minimum Gasteiger partial charge on any atom is -0.474 e. The summed E-state index contributed by atoms with van der Waals surface area (Å²) >= 11 is 0. The molecule has 35 heavy (non-hydrogen) atoms. The monoisotopic (exact) mass is 470 g/mol. The fourth-order valence-corrected chi connectivity index (χ4v) is 4.35. The molecular formula is C28H34N6O. The third-order valence-electron chi connectivity index (χ3n) is 6.13. The molecule has 0 radical (unpaired) electrons. The number of allylic oxidation sites excluding steroid dienone is 1. The van der Waals surface area contributed by atoms with Crippen molar-refractivity contribution in [1.82, 2.24) is 15.5 Å². The molecule has 4 N–H and O–H groups in total. The zero-order valence-electron chi connectivity index (χ0n) is 20.4. The molecule has 3 aromatic rings. The molecule has 7 nitrogen and oxygen atoms in total. The van der Waals surface area contributed by atoms with E-state index in [4.69, 9.17) is 15.9 Å². The van der Waals surface area contributed by atoms with Crippen molar-refractivity contribution in [2.75, 3.05) is 18.0 Å². The van der Waals surface area contributed by atoms with Crippen LogP contribution in [0.2, 0.25) is 0 Å². The molecule has 1 aromatic heterocycles. The van der Waals surface area contributed by atoms with Crippen molar-refractivity contribution in [2.45, 2.75) is 38.8 Å². The van der Waals surface area contributed by atoms with Crippen molar-refractivity contribution in [3.8, 4) is 5.88 Å². The highest BCUT2D eigenvalue weighted by Crippen LogP contribution is 2.25. The first kappa shape index (κ1) is 24.3. The summed E-state index contributed by atoms with van der Waals surface area (Å²) in [7, 11) is 0. The first-order valence-electron chi connectivity index (χ1n) is 12.2. The van der Waals surface area contributed by atoms with Crippen molar-refractivity contribution in [3.63, 3.8) is 0 Å². The number of aromatic nitrogens is 2. The molecule has 7 heteroatoms. The lowest BCUT2D eigenvalue weighted by Gasteiger charge is -2.32. The predicted molar refractivity (Wildman–Crippen MR) is 141 cm³/mol. The Hall–Kier alpha value is -3.87. The summed E-state index contributed by atoms with van der Waals surface area (Å²) in [6.45, 7) is 5.58. The van der Waals surface area contributed by atoms with E-state index in [0.29, 0.717) is 17.4 Å². The van der Waals surface area contributed by atoms with Crippen LogP contribution in [-0.4, -0.2) is 35.1 Å². The zero-order chi connectivity index (χ0) is 24.6. The second-order valence-corrected chi connectivity index (χ2v) is 9.11. The second-order valence-electron chi connectivity index (χ2n) is 9.11. The van der Waals surface area contributed by atoms with Gasteiger partial charge in [0, 0.05) is 30.8 Å². The van der Waals surface area contributed by atoms with E-state index in [2.05, 4.69) is 44.7 Å². The molecule has 1 aliphatic rings. The van der Waals surface area contributed by atoms with Gasteiger partial charge in [-0.15, -0.1) is 10.2 Å². The molecule has 2 aromatic carbocycles. The van der Waals surface area contributed by atoms with Crippen molar-refractivity contribution < 1.29 is 4.74 Å². The van der Waals surface area contributed by atoms with E-state index in [1.165, 1.54) is 0 Å². The Balaban J connectivity index is 1.36. The van der Waals surface area contributed by atoms with Crippen LogP contribution in [0.1, 0.15) is 43.9 Å². The first-order chi connectivity index (χ1) is 17.0. The minimum atomic E-state index is -0.0791. The highest BCUT2D eigenvalue weighted by atomic mass is 16.5. The number of piperidine rings is 1. The van der Waals surface area contributed by atoms with Gasteiger partial charge < -0.3 is 26.1 Å². The van der Waals surface area contributed by atoms with E-state index >= 15 is 0 Å². The summed E-state index contributed by atoms with van der Waals surface area (Å²) < 4.78 is 5.58. The van der Waals surface area contributed by atoms with E-state index in [1.54, 1.807) is 6.08 Å². The number of rotatable bonds is 9. The van der Waals surface area contributed by atoms with Gasteiger partial charge in [0.25, 0.3) is 0 Å². The molecule has 1 fully saturated rings. The maximum absolute atomic E-state index is 8.67. The van der Waals surface area contributed by atoms with E-state index in [0.717, 1.165) is 42.9 Å². The lowest BCUT2D eigenvalue weighted by atomic mass is 9.91. The maximum Gasteiger partial charge on any atom is 0.233 e. The summed E-state index contributed by atoms with van der Waals surface area (Å²) in [4.78, 5) is 2.21.